The Balaban J connectivity index is 2.38. The zero-order chi connectivity index (χ0) is 11.1. The monoisotopic (exact) mass is 223 g/mol. The van der Waals surface area contributed by atoms with Crippen LogP contribution in [0.3, 0.4) is 0 Å². The molecule has 1 N–H and O–H groups in total. The summed E-state index contributed by atoms with van der Waals surface area (Å²) < 4.78 is 0. The minimum atomic E-state index is 0.535. The molecule has 0 bridgehead atoms. The molecule has 1 aromatic heterocycles. The molecule has 1 heterocycles. The Morgan fingerprint density at radius 1 is 1.60 bits per heavy atom. The highest BCUT2D eigenvalue weighted by molar-refractivity contribution is 7.09. The molecule has 15 heavy (non-hydrogen) atoms. The third-order valence-corrected chi connectivity index (χ3v) is 3.46. The average molecular weight is 223 g/mol. The highest BCUT2D eigenvalue weighted by atomic mass is 32.1. The lowest BCUT2D eigenvalue weighted by Gasteiger charge is -2.20. The van der Waals surface area contributed by atoms with Gasteiger partial charge in [0, 0.05) is 17.0 Å². The molecule has 2 unspecified atom stereocenters. The van der Waals surface area contributed by atoms with E-state index < -0.39 is 0 Å². The van der Waals surface area contributed by atoms with Gasteiger partial charge in [0.05, 0.1) is 0 Å². The first-order valence-corrected chi connectivity index (χ1v) is 6.53. The zero-order valence-corrected chi connectivity index (χ0v) is 10.5. The Bertz CT molecular complexity index is 266. The lowest BCUT2D eigenvalue weighted by Crippen LogP contribution is -2.37. The lowest BCUT2D eigenvalue weighted by molar-refractivity contribution is 0.434. The van der Waals surface area contributed by atoms with Gasteiger partial charge in [-0.05, 0) is 37.6 Å². The molecule has 84 valence electrons. The summed E-state index contributed by atoms with van der Waals surface area (Å²) in [6.07, 6.45) is 5.35. The average Bonchev–Trinajstić information content (AvgIpc) is 2.70. The van der Waals surface area contributed by atoms with Crippen LogP contribution in [0.15, 0.2) is 30.2 Å². The summed E-state index contributed by atoms with van der Waals surface area (Å²) in [6.45, 7) is 8.23. The standard InChI is InChI=1S/C13H21NS/c1-4-7-11(3)14-12(5-2)10-13-8-6-9-15-13/h4,6,8-9,11-12,14H,1,5,7,10H2,2-3H3. The predicted octanol–water partition coefficient (Wildman–Crippen LogP) is 3.62. The molecule has 0 amide bonds. The molecule has 0 aliphatic carbocycles. The Morgan fingerprint density at radius 3 is 2.93 bits per heavy atom. The Kier molecular flexibility index (Phi) is 5.66. The lowest BCUT2D eigenvalue weighted by atomic mass is 10.1. The van der Waals surface area contributed by atoms with Crippen molar-refractivity contribution in [3.8, 4) is 0 Å². The molecule has 0 spiro atoms. The molecule has 0 saturated heterocycles. The van der Waals surface area contributed by atoms with Crippen LogP contribution in [0.5, 0.6) is 0 Å². The third kappa shape index (κ3) is 4.63. The van der Waals surface area contributed by atoms with Crippen LogP contribution < -0.4 is 5.32 Å². The summed E-state index contributed by atoms with van der Waals surface area (Å²) in [5.74, 6) is 0. The molecule has 1 rings (SSSR count). The minimum Gasteiger partial charge on any atom is -0.311 e. The summed E-state index contributed by atoms with van der Waals surface area (Å²) >= 11 is 1.85. The second kappa shape index (κ2) is 6.81. The van der Waals surface area contributed by atoms with Crippen LogP contribution in [0.2, 0.25) is 0 Å². The number of thiophene rings is 1. The van der Waals surface area contributed by atoms with E-state index in [9.17, 15) is 0 Å². The molecule has 0 aliphatic rings. The van der Waals surface area contributed by atoms with Crippen molar-refractivity contribution in [2.75, 3.05) is 0 Å². The fourth-order valence-electron chi connectivity index (χ4n) is 1.71. The summed E-state index contributed by atoms with van der Waals surface area (Å²) in [5.41, 5.74) is 0. The van der Waals surface area contributed by atoms with Crippen molar-refractivity contribution < 1.29 is 0 Å². The van der Waals surface area contributed by atoms with Crippen LogP contribution in [0, 0.1) is 0 Å². The van der Waals surface area contributed by atoms with Gasteiger partial charge in [-0.25, -0.2) is 0 Å². The maximum Gasteiger partial charge on any atom is 0.0115 e. The molecule has 0 fully saturated rings. The predicted molar refractivity (Wildman–Crippen MR) is 69.5 cm³/mol. The molecule has 0 aromatic carbocycles. The molecule has 0 radical (unpaired) electrons. The highest BCUT2D eigenvalue weighted by Gasteiger charge is 2.10. The third-order valence-electron chi connectivity index (χ3n) is 2.56. The van der Waals surface area contributed by atoms with Gasteiger partial charge in [0.2, 0.25) is 0 Å². The summed E-state index contributed by atoms with van der Waals surface area (Å²) in [5, 5.41) is 5.79. The second-order valence-corrected chi connectivity index (χ2v) is 5.01. The van der Waals surface area contributed by atoms with Gasteiger partial charge in [0.25, 0.3) is 0 Å². The summed E-state index contributed by atoms with van der Waals surface area (Å²) in [4.78, 5) is 1.47. The topological polar surface area (TPSA) is 12.0 Å². The van der Waals surface area contributed by atoms with Crippen molar-refractivity contribution in [1.82, 2.24) is 5.32 Å². The van der Waals surface area contributed by atoms with Crippen LogP contribution in [0.1, 0.15) is 31.6 Å². The van der Waals surface area contributed by atoms with Crippen LogP contribution >= 0.6 is 11.3 Å². The molecule has 2 atom stereocenters. The largest absolute Gasteiger partial charge is 0.311 e. The van der Waals surface area contributed by atoms with Crippen molar-refractivity contribution in [1.29, 1.82) is 0 Å². The SMILES string of the molecule is C=CCC(C)NC(CC)Cc1cccs1. The Labute approximate surface area is 97.2 Å². The first-order chi connectivity index (χ1) is 7.26. The first kappa shape index (κ1) is 12.5. The van der Waals surface area contributed by atoms with Gasteiger partial charge in [-0.3, -0.25) is 0 Å². The Morgan fingerprint density at radius 2 is 2.40 bits per heavy atom. The summed E-state index contributed by atoms with van der Waals surface area (Å²) in [7, 11) is 0. The fraction of sp³-hybridized carbons (Fsp3) is 0.538. The van der Waals surface area contributed by atoms with Crippen molar-refractivity contribution >= 4 is 11.3 Å². The van der Waals surface area contributed by atoms with E-state index in [1.54, 1.807) is 0 Å². The van der Waals surface area contributed by atoms with Crippen molar-refractivity contribution in [2.24, 2.45) is 0 Å². The van der Waals surface area contributed by atoms with Crippen LogP contribution in [-0.4, -0.2) is 12.1 Å². The van der Waals surface area contributed by atoms with E-state index in [1.807, 2.05) is 17.4 Å². The van der Waals surface area contributed by atoms with Gasteiger partial charge in [0.1, 0.15) is 0 Å². The van der Waals surface area contributed by atoms with E-state index in [0.29, 0.717) is 12.1 Å². The zero-order valence-electron chi connectivity index (χ0n) is 9.70. The number of rotatable bonds is 7. The molecular formula is C13H21NS. The van der Waals surface area contributed by atoms with E-state index in [1.165, 1.54) is 11.3 Å². The van der Waals surface area contributed by atoms with Gasteiger partial charge >= 0.3 is 0 Å². The van der Waals surface area contributed by atoms with Crippen LogP contribution in [0.25, 0.3) is 0 Å². The second-order valence-electron chi connectivity index (χ2n) is 3.98. The van der Waals surface area contributed by atoms with Crippen LogP contribution in [-0.2, 0) is 6.42 Å². The molecule has 1 aromatic rings. The molecular weight excluding hydrogens is 202 g/mol. The summed E-state index contributed by atoms with van der Waals surface area (Å²) in [6, 6.07) is 5.47. The highest BCUT2D eigenvalue weighted by Crippen LogP contribution is 2.13. The van der Waals surface area contributed by atoms with Gasteiger partial charge in [0.15, 0.2) is 0 Å². The maximum atomic E-state index is 3.77. The Hall–Kier alpha value is -0.600. The smallest absolute Gasteiger partial charge is 0.0115 e. The van der Waals surface area contributed by atoms with E-state index in [4.69, 9.17) is 0 Å². The van der Waals surface area contributed by atoms with Crippen LogP contribution in [0.4, 0.5) is 0 Å². The number of nitrogens with one attached hydrogen (secondary N) is 1. The molecule has 0 aliphatic heterocycles. The van der Waals surface area contributed by atoms with Gasteiger partial charge in [-0.1, -0.05) is 19.1 Å². The van der Waals surface area contributed by atoms with Gasteiger partial charge in [-0.2, -0.15) is 0 Å². The maximum absolute atomic E-state index is 3.77. The first-order valence-electron chi connectivity index (χ1n) is 5.65. The quantitative estimate of drug-likeness (QED) is 0.696. The number of hydrogen-bond donors (Lipinski definition) is 1. The van der Waals surface area contributed by atoms with E-state index >= 15 is 0 Å². The van der Waals surface area contributed by atoms with Gasteiger partial charge in [-0.15, -0.1) is 17.9 Å². The molecule has 1 nitrogen and oxygen atoms in total. The van der Waals surface area contributed by atoms with E-state index in [0.717, 1.165) is 12.8 Å². The van der Waals surface area contributed by atoms with Crippen molar-refractivity contribution in [2.45, 2.75) is 45.2 Å². The number of hydrogen-bond acceptors (Lipinski definition) is 2. The van der Waals surface area contributed by atoms with E-state index in [2.05, 4.69) is 43.3 Å². The molecule has 2 heteroatoms. The van der Waals surface area contributed by atoms with Crippen molar-refractivity contribution in [3.05, 3.63) is 35.0 Å². The minimum absolute atomic E-state index is 0.535. The normalized spacial score (nSPS) is 14.8. The van der Waals surface area contributed by atoms with Crippen molar-refractivity contribution in [3.63, 3.8) is 0 Å². The fourth-order valence-corrected chi connectivity index (χ4v) is 2.50. The molecule has 0 saturated carbocycles. The van der Waals surface area contributed by atoms with E-state index in [-0.39, 0.29) is 0 Å². The van der Waals surface area contributed by atoms with Gasteiger partial charge < -0.3 is 5.32 Å².